The van der Waals surface area contributed by atoms with E-state index < -0.39 is 0 Å². The summed E-state index contributed by atoms with van der Waals surface area (Å²) in [6, 6.07) is 92.2. The van der Waals surface area contributed by atoms with Crippen molar-refractivity contribution in [3.05, 3.63) is 276 Å². The minimum absolute atomic E-state index is 0.104. The molecule has 11 aromatic carbocycles. The van der Waals surface area contributed by atoms with Crippen LogP contribution in [0.15, 0.2) is 243 Å². The molecule has 0 radical (unpaired) electrons. The molecule has 0 heterocycles. The second kappa shape index (κ2) is 28.8. The molecule has 0 spiro atoms. The molecule has 0 saturated heterocycles. The number of nitrogens with zero attached hydrogens (tertiary/aromatic N) is 2. The zero-order valence-electron chi connectivity index (χ0n) is 57.1. The summed E-state index contributed by atoms with van der Waals surface area (Å²) in [6.45, 7) is 23.0. The zero-order valence-corrected chi connectivity index (χ0v) is 57.1. The molecule has 0 bridgehead atoms. The highest BCUT2D eigenvalue weighted by Crippen LogP contribution is 2.44. The van der Waals surface area contributed by atoms with Crippen LogP contribution < -0.4 is 20.7 Å². The van der Waals surface area contributed by atoms with E-state index in [0.29, 0.717) is 0 Å². The lowest BCUT2D eigenvalue weighted by Crippen LogP contribution is -2.11. The van der Waals surface area contributed by atoms with Crippen molar-refractivity contribution in [2.45, 2.75) is 144 Å². The Hall–Kier alpha value is -8.85. The highest BCUT2D eigenvalue weighted by molar-refractivity contribution is 6.32. The van der Waals surface area contributed by atoms with Gasteiger partial charge in [0.15, 0.2) is 0 Å². The smallest absolute Gasteiger partial charge is 0.139 e. The minimum atomic E-state index is 0.104. The molecule has 0 fully saturated rings. The van der Waals surface area contributed by atoms with E-state index in [0.717, 1.165) is 59.8 Å². The molecule has 0 amide bonds. The summed E-state index contributed by atoms with van der Waals surface area (Å²) < 4.78 is 0. The second-order valence-corrected chi connectivity index (χ2v) is 28.0. The average Bonchev–Trinajstić information content (AvgIpc) is 0.794. The van der Waals surface area contributed by atoms with E-state index in [1.54, 1.807) is 0 Å². The fourth-order valence-electron chi connectivity index (χ4n) is 13.2. The van der Waals surface area contributed by atoms with Gasteiger partial charge in [0.25, 0.3) is 0 Å². The Morgan fingerprint density at radius 2 is 0.522 bits per heavy atom. The van der Waals surface area contributed by atoms with Crippen molar-refractivity contribution in [1.29, 1.82) is 0 Å². The van der Waals surface area contributed by atoms with Crippen molar-refractivity contribution in [1.82, 2.24) is 0 Å². The monoisotopic (exact) mass is 1200 g/mol. The van der Waals surface area contributed by atoms with Crippen LogP contribution in [0.3, 0.4) is 0 Å². The molecule has 0 aliphatic carbocycles. The Balaban J connectivity index is 0.979. The van der Waals surface area contributed by atoms with Gasteiger partial charge in [0.1, 0.15) is 15.7 Å². The molecule has 0 atom stereocenters. The fraction of sp³-hybridized carbons (Fsp3) is 0.250. The number of hydrogen-bond acceptors (Lipinski definition) is 2. The first-order chi connectivity index (χ1) is 44.4. The van der Waals surface area contributed by atoms with Crippen LogP contribution in [0.2, 0.25) is 0 Å². The van der Waals surface area contributed by atoms with Crippen molar-refractivity contribution >= 4 is 60.7 Å². The Kier molecular flexibility index (Phi) is 20.2. The van der Waals surface area contributed by atoms with E-state index >= 15 is 0 Å². The molecule has 11 rings (SSSR count). The van der Waals surface area contributed by atoms with Crippen LogP contribution in [0.5, 0.6) is 0 Å². The summed E-state index contributed by atoms with van der Waals surface area (Å²) in [5.74, 6) is 0. The summed E-state index contributed by atoms with van der Waals surface area (Å²) in [4.78, 5) is 4.87. The lowest BCUT2D eigenvalue weighted by Gasteiger charge is -2.28. The van der Waals surface area contributed by atoms with Gasteiger partial charge >= 0.3 is 0 Å². The van der Waals surface area contributed by atoms with E-state index in [2.05, 4.69) is 337 Å². The number of rotatable bonds is 22. The number of benzene rings is 11. The van der Waals surface area contributed by atoms with Crippen LogP contribution in [0, 0.1) is 13.8 Å². The van der Waals surface area contributed by atoms with Gasteiger partial charge in [-0.25, -0.2) is 0 Å². The molecule has 0 aromatic heterocycles. The van der Waals surface area contributed by atoms with Crippen molar-refractivity contribution in [3.63, 3.8) is 0 Å². The van der Waals surface area contributed by atoms with Crippen LogP contribution in [-0.2, 0) is 23.7 Å². The third-order valence-electron chi connectivity index (χ3n) is 18.9. The van der Waals surface area contributed by atoms with Crippen LogP contribution in [0.25, 0.3) is 66.8 Å². The fourth-order valence-corrected chi connectivity index (χ4v) is 13.2. The van der Waals surface area contributed by atoms with E-state index in [-0.39, 0.29) is 10.8 Å². The minimum Gasteiger partial charge on any atom is -0.310 e. The van der Waals surface area contributed by atoms with Gasteiger partial charge in [-0.15, -0.1) is 0 Å². The highest BCUT2D eigenvalue weighted by atomic mass is 15.1. The largest absolute Gasteiger partial charge is 0.310 e. The normalized spacial score (nSPS) is 11.7. The van der Waals surface area contributed by atoms with Gasteiger partial charge in [-0.3, -0.25) is 0 Å². The maximum atomic E-state index is 2.61. The molecule has 92 heavy (non-hydrogen) atoms. The molecule has 462 valence electrons. The van der Waals surface area contributed by atoms with Crippen LogP contribution in [0.1, 0.15) is 140 Å². The van der Waals surface area contributed by atoms with E-state index in [4.69, 9.17) is 0 Å². The maximum absolute atomic E-state index is 2.61. The molecular formula is C88H94B2N2. The predicted molar refractivity (Wildman–Crippen MR) is 407 cm³/mol. The van der Waals surface area contributed by atoms with Crippen molar-refractivity contribution in [3.8, 4) is 66.8 Å². The van der Waals surface area contributed by atoms with Crippen LogP contribution in [-0.4, -0.2) is 15.7 Å². The molecule has 0 unspecified atom stereocenters. The quantitative estimate of drug-likeness (QED) is 0.0493. The molecule has 11 aromatic rings. The van der Waals surface area contributed by atoms with Gasteiger partial charge in [0.2, 0.25) is 0 Å². The molecule has 0 aliphatic heterocycles. The van der Waals surface area contributed by atoms with Gasteiger partial charge < -0.3 is 9.80 Å². The Morgan fingerprint density at radius 3 is 0.772 bits per heavy atom. The lowest BCUT2D eigenvalue weighted by atomic mass is 9.84. The van der Waals surface area contributed by atoms with E-state index in [9.17, 15) is 0 Å². The first-order valence-electron chi connectivity index (χ1n) is 34.2. The summed E-state index contributed by atoms with van der Waals surface area (Å²) >= 11 is 0. The van der Waals surface area contributed by atoms with Gasteiger partial charge in [0.05, 0.1) is 0 Å². The Labute approximate surface area is 554 Å². The summed E-state index contributed by atoms with van der Waals surface area (Å²) in [7, 11) is 4.30. The van der Waals surface area contributed by atoms with Crippen molar-refractivity contribution < 1.29 is 0 Å². The number of anilines is 6. The SMILES string of the molecule is Bc1ccc(-c2ccc(N(c3ccc(-c4ccc(C(C)(C)C)cc4)cc3)c3ccc(-c4cc(CCCCCC)c(-c5ccc(N(c6ccc(-c7ccc(B)cc7)cc6)c6ccc(-c7ccc(C(C)(C)C)cc7)cc6)cc5C)cc4CCCCCC)c(C)c3)cc2)cc1. The first-order valence-corrected chi connectivity index (χ1v) is 34.2. The van der Waals surface area contributed by atoms with Crippen molar-refractivity contribution in [2.75, 3.05) is 9.80 Å². The number of aryl methyl sites for hydroxylation is 4. The molecule has 0 N–H and O–H groups in total. The lowest BCUT2D eigenvalue weighted by molar-refractivity contribution is 0.590. The summed E-state index contributed by atoms with van der Waals surface area (Å²) in [5, 5.41) is 0. The van der Waals surface area contributed by atoms with Crippen LogP contribution >= 0.6 is 0 Å². The standard InChI is InChI=1S/C88H94B2N2/c1-11-13-15-17-19-71-59-86(84-56-54-82(58-62(84)4)92(80-51-35-70(36-52-80)66-27-43-76(90)44-28-66)78-47-31-68(32-48-78)64-23-39-74(40-24-64)88(8,9)10)72(20-18-16-14-12-2)60-85(71)83-55-53-81(57-61(83)3)91(79-49-33-69(34-50-79)65-25-41-75(89)42-26-65)77-45-29-67(30-46-77)63-21-37-73(38-22-63)87(5,6)7/h21-60H,11-20,89-90H2,1-10H3. The molecule has 4 heteroatoms. The van der Waals surface area contributed by atoms with E-state index in [1.165, 1.54) is 150 Å². The summed E-state index contributed by atoms with van der Waals surface area (Å²) in [5.41, 5.74) is 32.8. The summed E-state index contributed by atoms with van der Waals surface area (Å²) in [6.07, 6.45) is 11.7. The Bertz CT molecular complexity index is 3950. The highest BCUT2D eigenvalue weighted by Gasteiger charge is 2.22. The third-order valence-corrected chi connectivity index (χ3v) is 18.9. The second-order valence-electron chi connectivity index (χ2n) is 28.0. The predicted octanol–water partition coefficient (Wildman–Crippen LogP) is 22.6. The topological polar surface area (TPSA) is 6.48 Å². The maximum Gasteiger partial charge on any atom is 0.139 e. The van der Waals surface area contributed by atoms with Gasteiger partial charge in [-0.05, 0) is 223 Å². The Morgan fingerprint density at radius 1 is 0.272 bits per heavy atom. The van der Waals surface area contributed by atoms with Gasteiger partial charge in [0, 0.05) is 34.1 Å². The molecular weight excluding hydrogens is 1110 g/mol. The average molecular weight is 1200 g/mol. The molecule has 0 aliphatic rings. The van der Waals surface area contributed by atoms with Crippen LogP contribution in [0.4, 0.5) is 34.1 Å². The first kappa shape index (κ1) is 64.7. The zero-order chi connectivity index (χ0) is 64.5. The van der Waals surface area contributed by atoms with E-state index in [1.807, 2.05) is 0 Å². The molecule has 0 saturated carbocycles. The number of unbranched alkanes of at least 4 members (excludes halogenated alkanes) is 6. The molecule has 2 nitrogen and oxygen atoms in total. The van der Waals surface area contributed by atoms with Gasteiger partial charge in [-0.2, -0.15) is 0 Å². The van der Waals surface area contributed by atoms with Crippen molar-refractivity contribution in [2.24, 2.45) is 0 Å². The van der Waals surface area contributed by atoms with Gasteiger partial charge in [-0.1, -0.05) is 275 Å². The third kappa shape index (κ3) is 15.2. The number of hydrogen-bond donors (Lipinski definition) is 0.